The van der Waals surface area contributed by atoms with Crippen molar-refractivity contribution in [1.82, 2.24) is 4.42 Å². The third-order valence-corrected chi connectivity index (χ3v) is 1.23. The van der Waals surface area contributed by atoms with E-state index in [-0.39, 0.29) is 5.91 Å². The SMILES string of the molecule is C=C(C)C(=O)N(Cl)CCN. The van der Waals surface area contributed by atoms with Crippen LogP contribution in [0.2, 0.25) is 0 Å². The number of halogens is 1. The van der Waals surface area contributed by atoms with Crippen LogP contribution >= 0.6 is 11.8 Å². The van der Waals surface area contributed by atoms with E-state index in [0.717, 1.165) is 4.42 Å². The molecule has 0 saturated heterocycles. The first-order valence-electron chi connectivity index (χ1n) is 2.92. The highest BCUT2D eigenvalue weighted by Crippen LogP contribution is 2.00. The maximum absolute atomic E-state index is 10.9. The van der Waals surface area contributed by atoms with Crippen LogP contribution in [-0.2, 0) is 4.79 Å². The van der Waals surface area contributed by atoms with Gasteiger partial charge in [-0.25, -0.2) is 4.42 Å². The van der Waals surface area contributed by atoms with Gasteiger partial charge >= 0.3 is 0 Å². The molecule has 10 heavy (non-hydrogen) atoms. The van der Waals surface area contributed by atoms with Crippen LogP contribution < -0.4 is 5.73 Å². The third-order valence-electron chi connectivity index (χ3n) is 0.911. The molecule has 0 spiro atoms. The standard InChI is InChI=1S/C6H11ClN2O/c1-5(2)6(10)9(7)4-3-8/h1,3-4,8H2,2H3. The molecule has 0 aromatic rings. The average Bonchev–Trinajstić information content (AvgIpc) is 1.87. The van der Waals surface area contributed by atoms with Crippen molar-refractivity contribution in [3.8, 4) is 0 Å². The van der Waals surface area contributed by atoms with Crippen molar-refractivity contribution in [3.63, 3.8) is 0 Å². The van der Waals surface area contributed by atoms with Crippen LogP contribution in [-0.4, -0.2) is 23.4 Å². The summed E-state index contributed by atoms with van der Waals surface area (Å²) < 4.78 is 1.03. The van der Waals surface area contributed by atoms with Gasteiger partial charge in [-0.05, 0) is 6.92 Å². The number of hydrogen-bond donors (Lipinski definition) is 1. The van der Waals surface area contributed by atoms with E-state index in [4.69, 9.17) is 17.5 Å². The van der Waals surface area contributed by atoms with Gasteiger partial charge in [-0.3, -0.25) is 4.79 Å². The minimum absolute atomic E-state index is 0.271. The first-order chi connectivity index (χ1) is 4.59. The summed E-state index contributed by atoms with van der Waals surface area (Å²) in [6.45, 7) is 5.77. The Morgan fingerprint density at radius 2 is 2.30 bits per heavy atom. The van der Waals surface area contributed by atoms with Gasteiger partial charge in [-0.1, -0.05) is 6.58 Å². The molecule has 2 N–H and O–H groups in total. The molecule has 0 atom stereocenters. The van der Waals surface area contributed by atoms with Gasteiger partial charge in [0.2, 0.25) is 0 Å². The summed E-state index contributed by atoms with van der Waals surface area (Å²) >= 11 is 5.47. The number of rotatable bonds is 3. The average molecular weight is 163 g/mol. The van der Waals surface area contributed by atoms with Crippen molar-refractivity contribution in [2.45, 2.75) is 6.92 Å². The van der Waals surface area contributed by atoms with Gasteiger partial charge in [-0.2, -0.15) is 0 Å². The highest BCUT2D eigenvalue weighted by atomic mass is 35.5. The quantitative estimate of drug-likeness (QED) is 0.486. The first kappa shape index (κ1) is 9.46. The molecule has 4 heteroatoms. The molecule has 0 aromatic carbocycles. The Morgan fingerprint density at radius 1 is 1.80 bits per heavy atom. The Hall–Kier alpha value is -0.540. The molecule has 0 fully saturated rings. The lowest BCUT2D eigenvalue weighted by molar-refractivity contribution is -0.122. The van der Waals surface area contributed by atoms with Gasteiger partial charge in [0.25, 0.3) is 5.91 Å². The largest absolute Gasteiger partial charge is 0.329 e. The first-order valence-corrected chi connectivity index (χ1v) is 3.26. The van der Waals surface area contributed by atoms with Crippen molar-refractivity contribution >= 4 is 17.7 Å². The molecule has 3 nitrogen and oxygen atoms in total. The molecule has 1 amide bonds. The molecule has 0 rings (SSSR count). The fourth-order valence-corrected chi connectivity index (χ4v) is 0.664. The smallest absolute Gasteiger partial charge is 0.263 e. The zero-order valence-corrected chi connectivity index (χ0v) is 6.69. The zero-order valence-electron chi connectivity index (χ0n) is 5.93. The minimum atomic E-state index is -0.271. The Bertz CT molecular complexity index is 147. The van der Waals surface area contributed by atoms with Crippen molar-refractivity contribution < 1.29 is 4.79 Å². The van der Waals surface area contributed by atoms with Crippen LogP contribution in [0.4, 0.5) is 0 Å². The van der Waals surface area contributed by atoms with Gasteiger partial charge in [0.05, 0.1) is 6.54 Å². The molecule has 0 aromatic heterocycles. The number of nitrogens with zero attached hydrogens (tertiary/aromatic N) is 1. The van der Waals surface area contributed by atoms with Gasteiger partial charge in [0.15, 0.2) is 0 Å². The van der Waals surface area contributed by atoms with Crippen LogP contribution in [0.1, 0.15) is 6.92 Å². The van der Waals surface area contributed by atoms with E-state index in [9.17, 15) is 4.79 Å². The summed E-state index contributed by atoms with van der Waals surface area (Å²) in [5.74, 6) is -0.271. The predicted molar refractivity (Wildman–Crippen MR) is 41.4 cm³/mol. The second-order valence-corrected chi connectivity index (χ2v) is 2.37. The Balaban J connectivity index is 3.82. The summed E-state index contributed by atoms with van der Waals surface area (Å²) in [5, 5.41) is 0. The van der Waals surface area contributed by atoms with Crippen LogP contribution in [0.15, 0.2) is 12.2 Å². The summed E-state index contributed by atoms with van der Waals surface area (Å²) in [7, 11) is 0. The molecule has 58 valence electrons. The second kappa shape index (κ2) is 4.30. The van der Waals surface area contributed by atoms with Gasteiger partial charge in [0, 0.05) is 23.9 Å². The lowest BCUT2D eigenvalue weighted by atomic mass is 10.3. The van der Waals surface area contributed by atoms with E-state index in [1.807, 2.05) is 0 Å². The lowest BCUT2D eigenvalue weighted by Gasteiger charge is -2.11. The van der Waals surface area contributed by atoms with E-state index in [2.05, 4.69) is 6.58 Å². The number of hydrogen-bond acceptors (Lipinski definition) is 2. The summed E-state index contributed by atoms with van der Waals surface area (Å²) in [6, 6.07) is 0. The van der Waals surface area contributed by atoms with Crippen molar-refractivity contribution in [3.05, 3.63) is 12.2 Å². The maximum atomic E-state index is 10.9. The fourth-order valence-electron chi connectivity index (χ4n) is 0.422. The Morgan fingerprint density at radius 3 is 2.60 bits per heavy atom. The lowest BCUT2D eigenvalue weighted by Crippen LogP contribution is -2.27. The Labute approximate surface area is 65.6 Å². The van der Waals surface area contributed by atoms with Crippen molar-refractivity contribution in [1.29, 1.82) is 0 Å². The second-order valence-electron chi connectivity index (χ2n) is 1.96. The highest BCUT2D eigenvalue weighted by molar-refractivity contribution is 6.23. The maximum Gasteiger partial charge on any atom is 0.263 e. The summed E-state index contributed by atoms with van der Waals surface area (Å²) in [5.41, 5.74) is 5.58. The van der Waals surface area contributed by atoms with E-state index in [1.54, 1.807) is 6.92 Å². The normalized spacial score (nSPS) is 9.10. The van der Waals surface area contributed by atoms with Crippen LogP contribution in [0, 0.1) is 0 Å². The number of nitrogens with two attached hydrogens (primary N) is 1. The fraction of sp³-hybridized carbons (Fsp3) is 0.500. The Kier molecular flexibility index (Phi) is 4.07. The highest BCUT2D eigenvalue weighted by Gasteiger charge is 2.08. The monoisotopic (exact) mass is 162 g/mol. The molecule has 0 aliphatic heterocycles. The molecular weight excluding hydrogens is 152 g/mol. The van der Waals surface area contributed by atoms with E-state index in [1.165, 1.54) is 0 Å². The molecule has 0 aliphatic carbocycles. The number of amides is 1. The van der Waals surface area contributed by atoms with Crippen LogP contribution in [0.25, 0.3) is 0 Å². The topological polar surface area (TPSA) is 46.3 Å². The molecule has 0 radical (unpaired) electrons. The van der Waals surface area contributed by atoms with Crippen LogP contribution in [0.5, 0.6) is 0 Å². The van der Waals surface area contributed by atoms with Gasteiger partial charge in [0.1, 0.15) is 0 Å². The van der Waals surface area contributed by atoms with Crippen molar-refractivity contribution in [2.75, 3.05) is 13.1 Å². The summed E-state index contributed by atoms with van der Waals surface area (Å²) in [6.07, 6.45) is 0. The molecule has 0 heterocycles. The molecule has 0 aliphatic rings. The molecule has 0 bridgehead atoms. The number of carbonyl (C=O) groups is 1. The van der Waals surface area contributed by atoms with E-state index < -0.39 is 0 Å². The van der Waals surface area contributed by atoms with E-state index in [0.29, 0.717) is 18.7 Å². The van der Waals surface area contributed by atoms with E-state index >= 15 is 0 Å². The van der Waals surface area contributed by atoms with Gasteiger partial charge in [-0.15, -0.1) is 0 Å². The summed E-state index contributed by atoms with van der Waals surface area (Å²) in [4.78, 5) is 10.9. The minimum Gasteiger partial charge on any atom is -0.329 e. The number of carbonyl (C=O) groups excluding carboxylic acids is 1. The molecule has 0 unspecified atom stereocenters. The van der Waals surface area contributed by atoms with Crippen molar-refractivity contribution in [2.24, 2.45) is 5.73 Å². The third kappa shape index (κ3) is 2.85. The zero-order chi connectivity index (χ0) is 8.15. The van der Waals surface area contributed by atoms with Gasteiger partial charge < -0.3 is 5.73 Å². The predicted octanol–water partition coefficient (Wildman–Crippen LogP) is 0.504. The van der Waals surface area contributed by atoms with Crippen LogP contribution in [0.3, 0.4) is 0 Å². The molecular formula is C6H11ClN2O. The molecule has 0 saturated carbocycles.